The number of rotatable bonds is 1. The number of likely N-dealkylation sites (tertiary alicyclic amines) is 1. The molecule has 1 aromatic heterocycles. The van der Waals surface area contributed by atoms with Crippen LogP contribution in [0.2, 0.25) is 0 Å². The Morgan fingerprint density at radius 2 is 1.61 bits per heavy atom. The number of nitrogens with one attached hydrogen (secondary N) is 1. The molecule has 2 aliphatic heterocycles. The van der Waals surface area contributed by atoms with Crippen LogP contribution in [-0.2, 0) is 9.59 Å². The van der Waals surface area contributed by atoms with Crippen LogP contribution < -0.4 is 5.32 Å². The summed E-state index contributed by atoms with van der Waals surface area (Å²) >= 11 is 0. The van der Waals surface area contributed by atoms with Crippen molar-refractivity contribution in [1.29, 1.82) is 0 Å². The van der Waals surface area contributed by atoms with Crippen LogP contribution in [0.4, 0.5) is 0 Å². The Kier molecular flexibility index (Phi) is 3.92. The molecule has 0 aromatic carbocycles. The fourth-order valence-corrected chi connectivity index (χ4v) is 3.67. The van der Waals surface area contributed by atoms with Crippen molar-refractivity contribution in [2.45, 2.75) is 39.5 Å². The molecule has 0 saturated carbocycles. The molecular formula is C17H21N3O3. The van der Waals surface area contributed by atoms with Crippen molar-refractivity contribution in [3.05, 3.63) is 29.1 Å². The van der Waals surface area contributed by atoms with Crippen molar-refractivity contribution in [1.82, 2.24) is 15.2 Å². The van der Waals surface area contributed by atoms with Gasteiger partial charge in [-0.05, 0) is 44.2 Å². The van der Waals surface area contributed by atoms with Crippen molar-refractivity contribution in [3.8, 4) is 0 Å². The van der Waals surface area contributed by atoms with Crippen molar-refractivity contribution < 1.29 is 14.4 Å². The standard InChI is InChI=1S/C17H21N3O3/c1-11-7-13(8-12(2)18-11)16(23)20-5-3-17(4-6-20)9-14(21)19-15(22)10-17/h7-8H,3-6,9-10H2,1-2H3,(H,19,21,22). The number of carbonyl (C=O) groups excluding carboxylic acids is 3. The molecule has 1 N–H and O–H groups in total. The van der Waals surface area contributed by atoms with E-state index in [2.05, 4.69) is 10.3 Å². The molecule has 2 aliphatic rings. The van der Waals surface area contributed by atoms with Crippen LogP contribution in [0.1, 0.15) is 47.4 Å². The van der Waals surface area contributed by atoms with E-state index in [0.29, 0.717) is 44.3 Å². The first-order valence-corrected chi connectivity index (χ1v) is 7.94. The van der Waals surface area contributed by atoms with Crippen molar-refractivity contribution in [3.63, 3.8) is 0 Å². The molecule has 0 bridgehead atoms. The van der Waals surface area contributed by atoms with E-state index in [1.165, 1.54) is 0 Å². The summed E-state index contributed by atoms with van der Waals surface area (Å²) in [6, 6.07) is 3.61. The van der Waals surface area contributed by atoms with Crippen LogP contribution in [0.25, 0.3) is 0 Å². The van der Waals surface area contributed by atoms with Crippen LogP contribution >= 0.6 is 0 Å². The molecule has 122 valence electrons. The van der Waals surface area contributed by atoms with Gasteiger partial charge < -0.3 is 4.90 Å². The van der Waals surface area contributed by atoms with Crippen LogP contribution in [-0.4, -0.2) is 40.7 Å². The maximum Gasteiger partial charge on any atom is 0.253 e. The fraction of sp³-hybridized carbons (Fsp3) is 0.529. The lowest BCUT2D eigenvalue weighted by atomic mass is 9.71. The Bertz CT molecular complexity index is 637. The predicted molar refractivity (Wildman–Crippen MR) is 83.7 cm³/mol. The van der Waals surface area contributed by atoms with Crippen LogP contribution in [0.15, 0.2) is 12.1 Å². The van der Waals surface area contributed by atoms with Crippen LogP contribution in [0, 0.1) is 19.3 Å². The van der Waals surface area contributed by atoms with Gasteiger partial charge in [-0.3, -0.25) is 24.7 Å². The lowest BCUT2D eigenvalue weighted by Crippen LogP contribution is -2.50. The zero-order valence-electron chi connectivity index (χ0n) is 13.5. The second-order valence-corrected chi connectivity index (χ2v) is 6.76. The zero-order chi connectivity index (χ0) is 16.6. The number of nitrogens with zero attached hydrogens (tertiary/aromatic N) is 2. The molecule has 3 amide bonds. The summed E-state index contributed by atoms with van der Waals surface area (Å²) in [5.74, 6) is -0.386. The van der Waals surface area contributed by atoms with E-state index in [-0.39, 0.29) is 23.1 Å². The maximum atomic E-state index is 12.7. The Labute approximate surface area is 135 Å². The van der Waals surface area contributed by atoms with Gasteiger partial charge in [0.15, 0.2) is 0 Å². The summed E-state index contributed by atoms with van der Waals surface area (Å²) in [6.45, 7) is 4.92. The molecule has 1 aromatic rings. The highest BCUT2D eigenvalue weighted by Gasteiger charge is 2.42. The van der Waals surface area contributed by atoms with Gasteiger partial charge in [0.2, 0.25) is 11.8 Å². The largest absolute Gasteiger partial charge is 0.339 e. The molecule has 2 fully saturated rings. The van der Waals surface area contributed by atoms with Gasteiger partial charge in [-0.1, -0.05) is 0 Å². The third-order valence-electron chi connectivity index (χ3n) is 4.79. The first-order valence-electron chi connectivity index (χ1n) is 7.94. The number of piperidine rings is 2. The third-order valence-corrected chi connectivity index (χ3v) is 4.79. The number of carbonyl (C=O) groups is 3. The highest BCUT2D eigenvalue weighted by atomic mass is 16.2. The highest BCUT2D eigenvalue weighted by Crippen LogP contribution is 2.40. The molecule has 6 heteroatoms. The molecule has 3 rings (SSSR count). The summed E-state index contributed by atoms with van der Waals surface area (Å²) < 4.78 is 0. The second kappa shape index (κ2) is 5.76. The average Bonchev–Trinajstić information content (AvgIpc) is 2.45. The molecular weight excluding hydrogens is 294 g/mol. The minimum Gasteiger partial charge on any atom is -0.339 e. The summed E-state index contributed by atoms with van der Waals surface area (Å²) in [5, 5.41) is 2.36. The van der Waals surface area contributed by atoms with E-state index in [4.69, 9.17) is 0 Å². The van der Waals surface area contributed by atoms with Gasteiger partial charge in [0.25, 0.3) is 5.91 Å². The maximum absolute atomic E-state index is 12.7. The molecule has 2 saturated heterocycles. The van der Waals surface area contributed by atoms with E-state index in [9.17, 15) is 14.4 Å². The first-order chi connectivity index (χ1) is 10.9. The van der Waals surface area contributed by atoms with E-state index >= 15 is 0 Å². The molecule has 0 atom stereocenters. The Morgan fingerprint density at radius 3 is 2.13 bits per heavy atom. The lowest BCUT2D eigenvalue weighted by Gasteiger charge is -2.43. The van der Waals surface area contributed by atoms with Crippen LogP contribution in [0.3, 0.4) is 0 Å². The van der Waals surface area contributed by atoms with Crippen molar-refractivity contribution >= 4 is 17.7 Å². The zero-order valence-corrected chi connectivity index (χ0v) is 13.5. The first kappa shape index (κ1) is 15.6. The number of imide groups is 1. The molecule has 23 heavy (non-hydrogen) atoms. The van der Waals surface area contributed by atoms with Crippen molar-refractivity contribution in [2.75, 3.05) is 13.1 Å². The monoisotopic (exact) mass is 315 g/mol. The van der Waals surface area contributed by atoms with Gasteiger partial charge in [0.05, 0.1) is 0 Å². The number of aromatic nitrogens is 1. The Hall–Kier alpha value is -2.24. The SMILES string of the molecule is Cc1cc(C(=O)N2CCC3(CC2)CC(=O)NC(=O)C3)cc(C)n1. The summed E-state index contributed by atoms with van der Waals surface area (Å²) in [5.41, 5.74) is 2.05. The second-order valence-electron chi connectivity index (χ2n) is 6.76. The van der Waals surface area contributed by atoms with E-state index in [1.54, 1.807) is 12.1 Å². The number of aryl methyl sites for hydroxylation is 2. The molecule has 0 unspecified atom stereocenters. The Balaban J connectivity index is 1.70. The van der Waals surface area contributed by atoms with Gasteiger partial charge in [0.1, 0.15) is 0 Å². The molecule has 0 aliphatic carbocycles. The summed E-state index contributed by atoms with van der Waals surface area (Å²) in [7, 11) is 0. The minimum atomic E-state index is -0.264. The fourth-order valence-electron chi connectivity index (χ4n) is 3.67. The third kappa shape index (κ3) is 3.25. The summed E-state index contributed by atoms with van der Waals surface area (Å²) in [4.78, 5) is 42.0. The number of hydrogen-bond donors (Lipinski definition) is 1. The molecule has 6 nitrogen and oxygen atoms in total. The average molecular weight is 315 g/mol. The van der Waals surface area contributed by atoms with Gasteiger partial charge in [-0.15, -0.1) is 0 Å². The van der Waals surface area contributed by atoms with Gasteiger partial charge in [-0.25, -0.2) is 0 Å². The highest BCUT2D eigenvalue weighted by molar-refractivity contribution is 5.98. The number of hydrogen-bond acceptors (Lipinski definition) is 4. The Morgan fingerprint density at radius 1 is 1.09 bits per heavy atom. The van der Waals surface area contributed by atoms with Gasteiger partial charge in [0, 0.05) is 42.9 Å². The topological polar surface area (TPSA) is 79.4 Å². The predicted octanol–water partition coefficient (Wildman–Crippen LogP) is 1.36. The summed E-state index contributed by atoms with van der Waals surface area (Å²) in [6.07, 6.45) is 2.16. The molecule has 1 spiro atoms. The smallest absolute Gasteiger partial charge is 0.253 e. The van der Waals surface area contributed by atoms with Gasteiger partial charge in [-0.2, -0.15) is 0 Å². The van der Waals surface area contributed by atoms with Gasteiger partial charge >= 0.3 is 0 Å². The quantitative estimate of drug-likeness (QED) is 0.794. The normalized spacial score (nSPS) is 20.5. The minimum absolute atomic E-state index is 0.0000347. The number of amides is 3. The van der Waals surface area contributed by atoms with E-state index in [0.717, 1.165) is 11.4 Å². The van der Waals surface area contributed by atoms with E-state index in [1.807, 2.05) is 18.7 Å². The van der Waals surface area contributed by atoms with Crippen molar-refractivity contribution in [2.24, 2.45) is 5.41 Å². The van der Waals surface area contributed by atoms with E-state index < -0.39 is 0 Å². The molecule has 0 radical (unpaired) electrons. The molecule has 3 heterocycles. The lowest BCUT2D eigenvalue weighted by molar-refractivity contribution is -0.139. The van der Waals surface area contributed by atoms with Crippen LogP contribution in [0.5, 0.6) is 0 Å². The number of pyridine rings is 1.